The van der Waals surface area contributed by atoms with Crippen molar-refractivity contribution in [2.24, 2.45) is 17.8 Å². The molecule has 1 amide bonds. The van der Waals surface area contributed by atoms with Gasteiger partial charge in [0.2, 0.25) is 5.91 Å². The molecule has 3 heteroatoms. The zero-order chi connectivity index (χ0) is 11.7. The molecule has 96 valence electrons. The van der Waals surface area contributed by atoms with Gasteiger partial charge in [-0.25, -0.2) is 0 Å². The summed E-state index contributed by atoms with van der Waals surface area (Å²) >= 11 is 0. The number of amides is 1. The van der Waals surface area contributed by atoms with Gasteiger partial charge in [-0.05, 0) is 56.8 Å². The highest BCUT2D eigenvalue weighted by Gasteiger charge is 2.47. The fraction of sp³-hybridized carbons (Fsp3) is 0.929. The van der Waals surface area contributed by atoms with Crippen LogP contribution in [-0.4, -0.2) is 25.2 Å². The first kappa shape index (κ1) is 11.5. The second-order valence-corrected chi connectivity index (χ2v) is 5.99. The normalized spacial score (nSPS) is 39.8. The van der Waals surface area contributed by atoms with Gasteiger partial charge in [-0.1, -0.05) is 0 Å². The molecule has 17 heavy (non-hydrogen) atoms. The quantitative estimate of drug-likeness (QED) is 0.813. The number of fused-ring (bicyclic) bond motifs is 1. The third-order valence-electron chi connectivity index (χ3n) is 4.65. The van der Waals surface area contributed by atoms with Crippen LogP contribution in [0.3, 0.4) is 0 Å². The Morgan fingerprint density at radius 2 is 2.00 bits per heavy atom. The summed E-state index contributed by atoms with van der Waals surface area (Å²) in [6, 6.07) is 0. The molecule has 1 heterocycles. The van der Waals surface area contributed by atoms with E-state index < -0.39 is 0 Å². The second-order valence-electron chi connectivity index (χ2n) is 5.99. The SMILES string of the molecule is O=C(NCCC1CCCCO1)C1CC2CC2C1. The van der Waals surface area contributed by atoms with Crippen molar-refractivity contribution in [3.8, 4) is 0 Å². The summed E-state index contributed by atoms with van der Waals surface area (Å²) in [6.45, 7) is 1.71. The van der Waals surface area contributed by atoms with Crippen LogP contribution in [0.2, 0.25) is 0 Å². The van der Waals surface area contributed by atoms with Crippen molar-refractivity contribution in [1.82, 2.24) is 5.32 Å². The van der Waals surface area contributed by atoms with E-state index in [1.807, 2.05) is 0 Å². The van der Waals surface area contributed by atoms with E-state index in [2.05, 4.69) is 5.32 Å². The maximum atomic E-state index is 11.9. The minimum Gasteiger partial charge on any atom is -0.378 e. The molecule has 3 aliphatic rings. The van der Waals surface area contributed by atoms with Gasteiger partial charge in [0.05, 0.1) is 6.10 Å². The van der Waals surface area contributed by atoms with E-state index >= 15 is 0 Å². The molecule has 0 aromatic rings. The Morgan fingerprint density at radius 1 is 1.18 bits per heavy atom. The zero-order valence-electron chi connectivity index (χ0n) is 10.5. The summed E-state index contributed by atoms with van der Waals surface area (Å²) in [6.07, 6.45) is 8.72. The largest absolute Gasteiger partial charge is 0.378 e. The molecule has 3 fully saturated rings. The van der Waals surface area contributed by atoms with Crippen LogP contribution in [0.5, 0.6) is 0 Å². The van der Waals surface area contributed by atoms with Gasteiger partial charge in [0, 0.05) is 19.1 Å². The number of carbonyl (C=O) groups is 1. The van der Waals surface area contributed by atoms with E-state index in [1.54, 1.807) is 0 Å². The van der Waals surface area contributed by atoms with Crippen LogP contribution in [-0.2, 0) is 9.53 Å². The van der Waals surface area contributed by atoms with E-state index in [0.717, 1.165) is 44.2 Å². The van der Waals surface area contributed by atoms with Crippen molar-refractivity contribution < 1.29 is 9.53 Å². The highest BCUT2D eigenvalue weighted by molar-refractivity contribution is 5.79. The van der Waals surface area contributed by atoms with Crippen LogP contribution in [0.1, 0.15) is 44.9 Å². The van der Waals surface area contributed by atoms with Crippen LogP contribution in [0.25, 0.3) is 0 Å². The lowest BCUT2D eigenvalue weighted by Crippen LogP contribution is -2.33. The average Bonchev–Trinajstić information content (AvgIpc) is 2.97. The first-order valence-corrected chi connectivity index (χ1v) is 7.22. The minimum absolute atomic E-state index is 0.299. The van der Waals surface area contributed by atoms with E-state index in [-0.39, 0.29) is 0 Å². The Balaban J connectivity index is 1.32. The molecule has 0 spiro atoms. The summed E-state index contributed by atoms with van der Waals surface area (Å²) < 4.78 is 5.66. The summed E-state index contributed by atoms with van der Waals surface area (Å²) in [5, 5.41) is 3.09. The Bertz CT molecular complexity index is 276. The van der Waals surface area contributed by atoms with Crippen molar-refractivity contribution >= 4 is 5.91 Å². The second kappa shape index (κ2) is 4.97. The fourth-order valence-electron chi connectivity index (χ4n) is 3.46. The zero-order valence-corrected chi connectivity index (χ0v) is 10.5. The Morgan fingerprint density at radius 3 is 2.71 bits per heavy atom. The summed E-state index contributed by atoms with van der Waals surface area (Å²) in [4.78, 5) is 11.9. The fourth-order valence-corrected chi connectivity index (χ4v) is 3.46. The van der Waals surface area contributed by atoms with Gasteiger partial charge in [-0.3, -0.25) is 4.79 Å². The molecule has 1 saturated heterocycles. The van der Waals surface area contributed by atoms with Gasteiger partial charge in [0.1, 0.15) is 0 Å². The van der Waals surface area contributed by atoms with Gasteiger partial charge in [0.15, 0.2) is 0 Å². The molecule has 0 radical (unpaired) electrons. The van der Waals surface area contributed by atoms with Crippen LogP contribution in [0, 0.1) is 17.8 Å². The van der Waals surface area contributed by atoms with Gasteiger partial charge < -0.3 is 10.1 Å². The smallest absolute Gasteiger partial charge is 0.223 e. The summed E-state index contributed by atoms with van der Waals surface area (Å²) in [5.74, 6) is 2.42. The van der Waals surface area contributed by atoms with Gasteiger partial charge >= 0.3 is 0 Å². The molecule has 0 aromatic carbocycles. The van der Waals surface area contributed by atoms with E-state index in [9.17, 15) is 4.79 Å². The summed E-state index contributed by atoms with van der Waals surface area (Å²) in [5.41, 5.74) is 0. The molecule has 2 saturated carbocycles. The number of rotatable bonds is 4. The third-order valence-corrected chi connectivity index (χ3v) is 4.65. The van der Waals surface area contributed by atoms with E-state index in [4.69, 9.17) is 4.74 Å². The highest BCUT2D eigenvalue weighted by Crippen LogP contribution is 2.54. The first-order chi connectivity index (χ1) is 8.33. The van der Waals surface area contributed by atoms with Crippen LogP contribution < -0.4 is 5.32 Å². The lowest BCUT2D eigenvalue weighted by atomic mass is 10.0. The third kappa shape index (κ3) is 2.82. The predicted octanol–water partition coefficient (Wildman–Crippen LogP) is 2.11. The topological polar surface area (TPSA) is 38.3 Å². The monoisotopic (exact) mass is 237 g/mol. The van der Waals surface area contributed by atoms with Crippen molar-refractivity contribution in [1.29, 1.82) is 0 Å². The average molecular weight is 237 g/mol. The molecule has 3 nitrogen and oxygen atoms in total. The molecule has 0 aromatic heterocycles. The van der Waals surface area contributed by atoms with E-state index in [0.29, 0.717) is 17.9 Å². The van der Waals surface area contributed by atoms with Crippen molar-refractivity contribution in [3.63, 3.8) is 0 Å². The first-order valence-electron chi connectivity index (χ1n) is 7.22. The van der Waals surface area contributed by atoms with Gasteiger partial charge in [-0.15, -0.1) is 0 Å². The van der Waals surface area contributed by atoms with Crippen molar-refractivity contribution in [2.75, 3.05) is 13.2 Å². The molecule has 2 aliphatic carbocycles. The lowest BCUT2D eigenvalue weighted by molar-refractivity contribution is -0.125. The number of hydrogen-bond acceptors (Lipinski definition) is 2. The molecular weight excluding hydrogens is 214 g/mol. The van der Waals surface area contributed by atoms with Crippen molar-refractivity contribution in [3.05, 3.63) is 0 Å². The maximum absolute atomic E-state index is 11.9. The molecule has 3 rings (SSSR count). The van der Waals surface area contributed by atoms with Gasteiger partial charge in [-0.2, -0.15) is 0 Å². The van der Waals surface area contributed by atoms with Crippen LogP contribution >= 0.6 is 0 Å². The number of carbonyl (C=O) groups excluding carboxylic acids is 1. The molecular formula is C14H23NO2. The number of nitrogens with one attached hydrogen (secondary N) is 1. The predicted molar refractivity (Wildman–Crippen MR) is 65.5 cm³/mol. The molecule has 1 N–H and O–H groups in total. The molecule has 1 aliphatic heterocycles. The number of ether oxygens (including phenoxy) is 1. The minimum atomic E-state index is 0.299. The van der Waals surface area contributed by atoms with Crippen LogP contribution in [0.15, 0.2) is 0 Å². The molecule has 3 unspecified atom stereocenters. The van der Waals surface area contributed by atoms with E-state index in [1.165, 1.54) is 25.7 Å². The van der Waals surface area contributed by atoms with Crippen LogP contribution in [0.4, 0.5) is 0 Å². The summed E-state index contributed by atoms with van der Waals surface area (Å²) in [7, 11) is 0. The lowest BCUT2D eigenvalue weighted by Gasteiger charge is -2.22. The molecule has 0 bridgehead atoms. The maximum Gasteiger partial charge on any atom is 0.223 e. The number of hydrogen-bond donors (Lipinski definition) is 1. The molecule has 3 atom stereocenters. The Kier molecular flexibility index (Phi) is 3.37. The highest BCUT2D eigenvalue weighted by atomic mass is 16.5. The Hall–Kier alpha value is -0.570. The Labute approximate surface area is 103 Å². The standard InChI is InChI=1S/C14H23NO2/c16-14(12-8-10-7-11(10)9-12)15-5-4-13-3-1-2-6-17-13/h10-13H,1-9H2,(H,15,16). The van der Waals surface area contributed by atoms with Gasteiger partial charge in [0.25, 0.3) is 0 Å². The van der Waals surface area contributed by atoms with Crippen molar-refractivity contribution in [2.45, 2.75) is 51.0 Å².